The average Bonchev–Trinajstić information content (AvgIpc) is 3.00. The van der Waals surface area contributed by atoms with Crippen LogP contribution in [0.15, 0.2) is 0 Å². The van der Waals surface area contributed by atoms with Crippen molar-refractivity contribution in [2.45, 2.75) is 63.3 Å². The van der Waals surface area contributed by atoms with Gasteiger partial charge in [-0.05, 0) is 38.1 Å². The summed E-state index contributed by atoms with van der Waals surface area (Å²) < 4.78 is 0. The maximum Gasteiger partial charge on any atom is 0.323 e. The van der Waals surface area contributed by atoms with E-state index in [2.05, 4.69) is 5.32 Å². The van der Waals surface area contributed by atoms with E-state index >= 15 is 0 Å². The Kier molecular flexibility index (Phi) is 3.85. The van der Waals surface area contributed by atoms with Crippen molar-refractivity contribution in [3.63, 3.8) is 0 Å². The first kappa shape index (κ1) is 11.9. The molecule has 0 saturated heterocycles. The van der Waals surface area contributed by atoms with E-state index in [1.165, 1.54) is 32.1 Å². The van der Waals surface area contributed by atoms with E-state index in [9.17, 15) is 9.90 Å². The van der Waals surface area contributed by atoms with Crippen LogP contribution in [0.25, 0.3) is 0 Å². The van der Waals surface area contributed by atoms with Crippen molar-refractivity contribution >= 4 is 5.97 Å². The van der Waals surface area contributed by atoms with Gasteiger partial charge in [0.2, 0.25) is 0 Å². The van der Waals surface area contributed by atoms with Crippen LogP contribution >= 0.6 is 0 Å². The summed E-state index contributed by atoms with van der Waals surface area (Å²) >= 11 is 0. The number of hydrogen-bond acceptors (Lipinski definition) is 2. The summed E-state index contributed by atoms with van der Waals surface area (Å²) in [5, 5.41) is 12.8. The summed E-state index contributed by atoms with van der Waals surface area (Å²) in [7, 11) is 0. The molecule has 0 unspecified atom stereocenters. The molecule has 0 amide bonds. The van der Waals surface area contributed by atoms with Gasteiger partial charge in [-0.1, -0.05) is 32.1 Å². The van der Waals surface area contributed by atoms with Crippen LogP contribution < -0.4 is 5.32 Å². The van der Waals surface area contributed by atoms with Gasteiger partial charge in [-0.25, -0.2) is 0 Å². The zero-order chi connectivity index (χ0) is 11.4. The van der Waals surface area contributed by atoms with Crippen LogP contribution in [-0.2, 0) is 4.79 Å². The highest BCUT2D eigenvalue weighted by Crippen LogP contribution is 2.31. The Labute approximate surface area is 97.6 Å². The maximum absolute atomic E-state index is 11.5. The SMILES string of the molecule is O=C(O)C1(NCC2CC2)CCCCCCC1. The molecule has 0 heterocycles. The fraction of sp³-hybridized carbons (Fsp3) is 0.923. The van der Waals surface area contributed by atoms with Crippen molar-refractivity contribution in [2.75, 3.05) is 6.54 Å². The molecule has 0 aliphatic heterocycles. The van der Waals surface area contributed by atoms with Gasteiger partial charge in [-0.3, -0.25) is 4.79 Å². The molecule has 0 atom stereocenters. The van der Waals surface area contributed by atoms with Crippen molar-refractivity contribution < 1.29 is 9.90 Å². The highest BCUT2D eigenvalue weighted by atomic mass is 16.4. The van der Waals surface area contributed by atoms with Gasteiger partial charge in [0.1, 0.15) is 5.54 Å². The van der Waals surface area contributed by atoms with Crippen LogP contribution in [0.4, 0.5) is 0 Å². The van der Waals surface area contributed by atoms with Gasteiger partial charge in [-0.15, -0.1) is 0 Å². The fourth-order valence-electron chi connectivity index (χ4n) is 2.64. The van der Waals surface area contributed by atoms with E-state index in [0.717, 1.165) is 38.1 Å². The summed E-state index contributed by atoms with van der Waals surface area (Å²) in [6.07, 6.45) is 9.97. The molecule has 16 heavy (non-hydrogen) atoms. The second kappa shape index (κ2) is 5.17. The van der Waals surface area contributed by atoms with Crippen molar-refractivity contribution in [3.05, 3.63) is 0 Å². The normalized spacial score (nSPS) is 25.8. The van der Waals surface area contributed by atoms with Gasteiger partial charge in [0, 0.05) is 0 Å². The summed E-state index contributed by atoms with van der Waals surface area (Å²) in [5.74, 6) is 0.122. The summed E-state index contributed by atoms with van der Waals surface area (Å²) in [6, 6.07) is 0. The van der Waals surface area contributed by atoms with Crippen LogP contribution in [0.3, 0.4) is 0 Å². The minimum absolute atomic E-state index is 0.608. The Morgan fingerprint density at radius 2 is 1.69 bits per heavy atom. The van der Waals surface area contributed by atoms with Crippen molar-refractivity contribution in [1.82, 2.24) is 5.32 Å². The second-order valence-electron chi connectivity index (χ2n) is 5.48. The molecular weight excluding hydrogens is 202 g/mol. The Morgan fingerprint density at radius 3 is 2.19 bits per heavy atom. The lowest BCUT2D eigenvalue weighted by Crippen LogP contribution is -2.53. The minimum atomic E-state index is -0.630. The number of aliphatic carboxylic acids is 1. The molecular formula is C13H23NO2. The van der Waals surface area contributed by atoms with Crippen molar-refractivity contribution in [1.29, 1.82) is 0 Å². The lowest BCUT2D eigenvalue weighted by molar-refractivity contribution is -0.146. The quantitative estimate of drug-likeness (QED) is 0.773. The third-order valence-corrected chi connectivity index (χ3v) is 4.04. The summed E-state index contributed by atoms with van der Waals surface area (Å²) in [5.41, 5.74) is -0.608. The molecule has 2 aliphatic carbocycles. The molecule has 2 N–H and O–H groups in total. The standard InChI is InChI=1S/C13H23NO2/c15-12(16)13(14-10-11-6-7-11)8-4-2-1-3-5-9-13/h11,14H,1-10H2,(H,15,16). The summed E-state index contributed by atoms with van der Waals surface area (Å²) in [4.78, 5) is 11.5. The van der Waals surface area contributed by atoms with E-state index in [-0.39, 0.29) is 0 Å². The van der Waals surface area contributed by atoms with E-state index in [0.29, 0.717) is 0 Å². The third-order valence-electron chi connectivity index (χ3n) is 4.04. The van der Waals surface area contributed by atoms with Gasteiger partial charge in [0.05, 0.1) is 0 Å². The molecule has 0 aromatic rings. The highest BCUT2D eigenvalue weighted by molar-refractivity contribution is 5.78. The van der Waals surface area contributed by atoms with Crippen LogP contribution in [0, 0.1) is 5.92 Å². The first-order chi connectivity index (χ1) is 7.73. The van der Waals surface area contributed by atoms with Gasteiger partial charge in [-0.2, -0.15) is 0 Å². The fourth-order valence-corrected chi connectivity index (χ4v) is 2.64. The number of carbonyl (C=O) groups is 1. The highest BCUT2D eigenvalue weighted by Gasteiger charge is 2.38. The molecule has 0 spiro atoms. The zero-order valence-electron chi connectivity index (χ0n) is 10.0. The maximum atomic E-state index is 11.5. The van der Waals surface area contributed by atoms with Crippen LogP contribution in [-0.4, -0.2) is 23.2 Å². The molecule has 2 fully saturated rings. The lowest BCUT2D eigenvalue weighted by atomic mass is 9.84. The van der Waals surface area contributed by atoms with E-state index < -0.39 is 11.5 Å². The minimum Gasteiger partial charge on any atom is -0.480 e. The monoisotopic (exact) mass is 225 g/mol. The van der Waals surface area contributed by atoms with Gasteiger partial charge >= 0.3 is 5.97 Å². The number of carboxylic acid groups (broad SMARTS) is 1. The van der Waals surface area contributed by atoms with Gasteiger partial charge in [0.15, 0.2) is 0 Å². The molecule has 3 nitrogen and oxygen atoms in total. The van der Waals surface area contributed by atoms with Gasteiger partial charge in [0.25, 0.3) is 0 Å². The Bertz CT molecular complexity index is 240. The molecule has 2 saturated carbocycles. The molecule has 92 valence electrons. The number of hydrogen-bond donors (Lipinski definition) is 2. The summed E-state index contributed by atoms with van der Waals surface area (Å²) in [6.45, 7) is 0.909. The Balaban J connectivity index is 1.95. The smallest absolute Gasteiger partial charge is 0.323 e. The first-order valence-electron chi connectivity index (χ1n) is 6.71. The molecule has 0 aromatic carbocycles. The van der Waals surface area contributed by atoms with Crippen LogP contribution in [0.1, 0.15) is 57.8 Å². The Hall–Kier alpha value is -0.570. The third kappa shape index (κ3) is 2.97. The predicted octanol–water partition coefficient (Wildman–Crippen LogP) is 2.55. The van der Waals surface area contributed by atoms with Crippen LogP contribution in [0.2, 0.25) is 0 Å². The number of carboxylic acids is 1. The zero-order valence-corrected chi connectivity index (χ0v) is 10.0. The predicted molar refractivity (Wildman–Crippen MR) is 63.4 cm³/mol. The Morgan fingerprint density at radius 1 is 1.12 bits per heavy atom. The number of rotatable bonds is 4. The van der Waals surface area contributed by atoms with E-state index in [4.69, 9.17) is 0 Å². The molecule has 0 radical (unpaired) electrons. The topological polar surface area (TPSA) is 49.3 Å². The molecule has 0 aromatic heterocycles. The number of nitrogens with one attached hydrogen (secondary N) is 1. The average molecular weight is 225 g/mol. The van der Waals surface area contributed by atoms with E-state index in [1.807, 2.05) is 0 Å². The largest absolute Gasteiger partial charge is 0.480 e. The van der Waals surface area contributed by atoms with E-state index in [1.54, 1.807) is 0 Å². The molecule has 0 bridgehead atoms. The van der Waals surface area contributed by atoms with Crippen molar-refractivity contribution in [2.24, 2.45) is 5.92 Å². The lowest BCUT2D eigenvalue weighted by Gasteiger charge is -2.32. The van der Waals surface area contributed by atoms with Gasteiger partial charge < -0.3 is 10.4 Å². The molecule has 2 aliphatic rings. The van der Waals surface area contributed by atoms with Crippen molar-refractivity contribution in [3.8, 4) is 0 Å². The molecule has 2 rings (SSSR count). The first-order valence-corrected chi connectivity index (χ1v) is 6.71. The van der Waals surface area contributed by atoms with Crippen LogP contribution in [0.5, 0.6) is 0 Å². The second-order valence-corrected chi connectivity index (χ2v) is 5.48. The molecule has 3 heteroatoms.